The van der Waals surface area contributed by atoms with Gasteiger partial charge in [0.1, 0.15) is 24.4 Å². The number of amides is 1. The van der Waals surface area contributed by atoms with Gasteiger partial charge < -0.3 is 30.5 Å². The molecule has 0 aliphatic carbocycles. The summed E-state index contributed by atoms with van der Waals surface area (Å²) in [6.45, 7) is -0.442. The Hall–Kier alpha value is -2.29. The topological polar surface area (TPSA) is 119 Å². The highest BCUT2D eigenvalue weighted by Crippen LogP contribution is 2.26. The molecule has 1 aliphatic rings. The Bertz CT molecular complexity index is 807. The van der Waals surface area contributed by atoms with Crippen molar-refractivity contribution in [2.24, 2.45) is 0 Å². The molecule has 7 nitrogen and oxygen atoms in total. The van der Waals surface area contributed by atoms with Gasteiger partial charge in [0, 0.05) is 19.0 Å². The molecule has 0 bridgehead atoms. The van der Waals surface area contributed by atoms with Crippen LogP contribution in [0.2, 0.25) is 0 Å². The molecule has 5 N–H and O–H groups in total. The zero-order valence-corrected chi connectivity index (χ0v) is 15.5. The first-order valence-electron chi connectivity index (χ1n) is 9.16. The highest BCUT2D eigenvalue weighted by Gasteiger charge is 2.43. The molecule has 28 heavy (non-hydrogen) atoms. The molecule has 1 saturated heterocycles. The van der Waals surface area contributed by atoms with Crippen LogP contribution in [0.5, 0.6) is 0 Å². The van der Waals surface area contributed by atoms with Crippen molar-refractivity contribution >= 4 is 5.91 Å². The summed E-state index contributed by atoms with van der Waals surface area (Å²) in [6, 6.07) is 14.9. The van der Waals surface area contributed by atoms with Crippen molar-refractivity contribution in [1.82, 2.24) is 5.32 Å². The number of ether oxygens (including phenoxy) is 1. The van der Waals surface area contributed by atoms with Gasteiger partial charge in [-0.1, -0.05) is 36.4 Å². The van der Waals surface area contributed by atoms with Gasteiger partial charge >= 0.3 is 0 Å². The van der Waals surface area contributed by atoms with E-state index in [0.29, 0.717) is 12.0 Å². The van der Waals surface area contributed by atoms with Gasteiger partial charge in [-0.2, -0.15) is 0 Å². The van der Waals surface area contributed by atoms with E-state index in [9.17, 15) is 25.2 Å². The smallest absolute Gasteiger partial charge is 0.251 e. The van der Waals surface area contributed by atoms with Crippen LogP contribution in [0.4, 0.5) is 0 Å². The summed E-state index contributed by atoms with van der Waals surface area (Å²) in [5.74, 6) is -0.152. The third-order valence-electron chi connectivity index (χ3n) is 5.07. The average molecular weight is 387 g/mol. The molecule has 1 fully saturated rings. The number of hydrogen-bond donors (Lipinski definition) is 5. The molecule has 1 aliphatic heterocycles. The molecule has 0 aromatic heterocycles. The van der Waals surface area contributed by atoms with Crippen molar-refractivity contribution in [3.63, 3.8) is 0 Å². The van der Waals surface area contributed by atoms with E-state index in [2.05, 4.69) is 5.32 Å². The Labute approximate surface area is 163 Å². The number of carbonyl (C=O) groups is 1. The number of rotatable bonds is 5. The minimum atomic E-state index is -1.37. The highest BCUT2D eigenvalue weighted by atomic mass is 16.5. The van der Waals surface area contributed by atoms with E-state index >= 15 is 0 Å². The summed E-state index contributed by atoms with van der Waals surface area (Å²) in [5, 5.41) is 41.8. The standard InChI is InChI=1S/C21H25NO6/c1-22-21(27)15-4-2-3-14(10-15)13-7-5-12(6-8-13)9-16-18(24)20(26)19(25)17(11-23)28-16/h2-8,10,16-20,23-26H,9,11H2,1H3,(H,22,27). The summed E-state index contributed by atoms with van der Waals surface area (Å²) in [6.07, 6.45) is -5.30. The van der Waals surface area contributed by atoms with Gasteiger partial charge in [0.25, 0.3) is 5.91 Å². The molecule has 5 atom stereocenters. The lowest BCUT2D eigenvalue weighted by atomic mass is 9.91. The molecular formula is C21H25NO6. The fourth-order valence-electron chi connectivity index (χ4n) is 3.40. The normalized spacial score (nSPS) is 27.4. The number of benzene rings is 2. The van der Waals surface area contributed by atoms with E-state index < -0.39 is 37.1 Å². The summed E-state index contributed by atoms with van der Waals surface area (Å²) < 4.78 is 5.55. The third-order valence-corrected chi connectivity index (χ3v) is 5.07. The largest absolute Gasteiger partial charge is 0.394 e. The molecule has 2 aromatic rings. The van der Waals surface area contributed by atoms with E-state index in [-0.39, 0.29) is 5.91 Å². The van der Waals surface area contributed by atoms with Crippen molar-refractivity contribution in [1.29, 1.82) is 0 Å². The predicted molar refractivity (Wildman–Crippen MR) is 103 cm³/mol. The molecule has 0 saturated carbocycles. The van der Waals surface area contributed by atoms with Crippen LogP contribution < -0.4 is 5.32 Å². The minimum absolute atomic E-state index is 0.152. The van der Waals surface area contributed by atoms with Gasteiger partial charge in [0.15, 0.2) is 0 Å². The number of aliphatic hydroxyl groups excluding tert-OH is 4. The molecular weight excluding hydrogens is 362 g/mol. The lowest BCUT2D eigenvalue weighted by molar-refractivity contribution is -0.228. The van der Waals surface area contributed by atoms with Crippen LogP contribution in [0, 0.1) is 0 Å². The van der Waals surface area contributed by atoms with E-state index in [1.807, 2.05) is 42.5 Å². The third kappa shape index (κ3) is 4.24. The SMILES string of the molecule is CNC(=O)c1cccc(-c2ccc(CC3OC(CO)C(O)C(O)C3O)cc2)c1. The van der Waals surface area contributed by atoms with Crippen LogP contribution in [-0.2, 0) is 11.2 Å². The Kier molecular flexibility index (Phi) is 6.43. The van der Waals surface area contributed by atoms with Crippen LogP contribution >= 0.6 is 0 Å². The fourth-order valence-corrected chi connectivity index (χ4v) is 3.40. The van der Waals surface area contributed by atoms with Crippen molar-refractivity contribution in [3.8, 4) is 11.1 Å². The Morgan fingerprint density at radius 3 is 2.29 bits per heavy atom. The van der Waals surface area contributed by atoms with E-state index in [1.165, 1.54) is 0 Å². The monoisotopic (exact) mass is 387 g/mol. The fraction of sp³-hybridized carbons (Fsp3) is 0.381. The first-order chi connectivity index (χ1) is 13.4. The second-order valence-corrected chi connectivity index (χ2v) is 6.93. The molecule has 3 rings (SSSR count). The molecule has 0 spiro atoms. The first-order valence-corrected chi connectivity index (χ1v) is 9.16. The maximum Gasteiger partial charge on any atom is 0.251 e. The van der Waals surface area contributed by atoms with Crippen LogP contribution in [-0.4, -0.2) is 70.5 Å². The van der Waals surface area contributed by atoms with Crippen molar-refractivity contribution in [2.75, 3.05) is 13.7 Å². The number of aliphatic hydroxyl groups is 4. The van der Waals surface area contributed by atoms with E-state index in [4.69, 9.17) is 4.74 Å². The van der Waals surface area contributed by atoms with Crippen molar-refractivity contribution in [3.05, 3.63) is 59.7 Å². The van der Waals surface area contributed by atoms with Crippen LogP contribution in [0.15, 0.2) is 48.5 Å². The maximum absolute atomic E-state index is 11.8. The molecule has 1 amide bonds. The number of nitrogens with one attached hydrogen (secondary N) is 1. The van der Waals surface area contributed by atoms with Crippen molar-refractivity contribution in [2.45, 2.75) is 36.9 Å². The zero-order chi connectivity index (χ0) is 20.3. The quantitative estimate of drug-likeness (QED) is 0.496. The van der Waals surface area contributed by atoms with Crippen LogP contribution in [0.25, 0.3) is 11.1 Å². The number of hydrogen-bond acceptors (Lipinski definition) is 6. The Morgan fingerprint density at radius 1 is 0.964 bits per heavy atom. The lowest BCUT2D eigenvalue weighted by Gasteiger charge is -2.40. The van der Waals surface area contributed by atoms with Gasteiger partial charge in [-0.15, -0.1) is 0 Å². The molecule has 0 radical (unpaired) electrons. The molecule has 5 unspecified atom stereocenters. The van der Waals surface area contributed by atoms with E-state index in [0.717, 1.165) is 16.7 Å². The predicted octanol–water partition coefficient (Wildman–Crippen LogP) is 0.0981. The average Bonchev–Trinajstić information content (AvgIpc) is 2.74. The van der Waals surface area contributed by atoms with Gasteiger partial charge in [0.05, 0.1) is 12.7 Å². The van der Waals surface area contributed by atoms with Crippen LogP contribution in [0.1, 0.15) is 15.9 Å². The summed E-state index contributed by atoms with van der Waals surface area (Å²) in [4.78, 5) is 11.8. The Morgan fingerprint density at radius 2 is 1.64 bits per heavy atom. The van der Waals surface area contributed by atoms with Gasteiger partial charge in [-0.3, -0.25) is 4.79 Å². The molecule has 7 heteroatoms. The minimum Gasteiger partial charge on any atom is -0.394 e. The van der Waals surface area contributed by atoms with Gasteiger partial charge in [0.2, 0.25) is 0 Å². The maximum atomic E-state index is 11.8. The first kappa shape index (κ1) is 20.4. The van der Waals surface area contributed by atoms with Gasteiger partial charge in [-0.05, 0) is 28.8 Å². The molecule has 2 aromatic carbocycles. The Balaban J connectivity index is 1.74. The molecule has 150 valence electrons. The second kappa shape index (κ2) is 8.81. The second-order valence-electron chi connectivity index (χ2n) is 6.93. The molecule has 1 heterocycles. The summed E-state index contributed by atoms with van der Waals surface area (Å²) in [5.41, 5.74) is 3.28. The summed E-state index contributed by atoms with van der Waals surface area (Å²) in [7, 11) is 1.59. The lowest BCUT2D eigenvalue weighted by Crippen LogP contribution is -2.58. The summed E-state index contributed by atoms with van der Waals surface area (Å²) >= 11 is 0. The van der Waals surface area contributed by atoms with Crippen molar-refractivity contribution < 1.29 is 30.0 Å². The van der Waals surface area contributed by atoms with E-state index in [1.54, 1.807) is 13.1 Å². The highest BCUT2D eigenvalue weighted by molar-refractivity contribution is 5.95. The number of carbonyl (C=O) groups excluding carboxylic acids is 1. The van der Waals surface area contributed by atoms with Gasteiger partial charge in [-0.25, -0.2) is 0 Å². The zero-order valence-electron chi connectivity index (χ0n) is 15.5. The van der Waals surface area contributed by atoms with Crippen LogP contribution in [0.3, 0.4) is 0 Å².